The molecule has 0 aliphatic rings. The van der Waals surface area contributed by atoms with Crippen LogP contribution in [0.2, 0.25) is 0 Å². The Morgan fingerprint density at radius 3 is 2.18 bits per heavy atom. The number of nitrogens with one attached hydrogen (secondary N) is 1. The van der Waals surface area contributed by atoms with E-state index >= 15 is 0 Å². The van der Waals surface area contributed by atoms with Crippen molar-refractivity contribution in [3.8, 4) is 0 Å². The number of hydrogen-bond donors (Lipinski definition) is 4. The van der Waals surface area contributed by atoms with Crippen molar-refractivity contribution in [1.29, 1.82) is 0 Å². The van der Waals surface area contributed by atoms with Gasteiger partial charge in [-0.1, -0.05) is 13.8 Å². The van der Waals surface area contributed by atoms with E-state index in [4.69, 9.17) is 16.6 Å². The number of nitrogens with two attached hydrogens (primary N) is 2. The summed E-state index contributed by atoms with van der Waals surface area (Å²) in [5, 5.41) is 11.2. The number of rotatable bonds is 7. The van der Waals surface area contributed by atoms with Crippen LogP contribution in [0.15, 0.2) is 0 Å². The van der Waals surface area contributed by atoms with E-state index in [-0.39, 0.29) is 0 Å². The molecule has 0 fully saturated rings. The molecule has 2 atom stereocenters. The van der Waals surface area contributed by atoms with Gasteiger partial charge in [0.2, 0.25) is 5.91 Å². The van der Waals surface area contributed by atoms with E-state index in [1.165, 1.54) is 6.92 Å². The minimum atomic E-state index is -1.04. The zero-order chi connectivity index (χ0) is 13.8. The normalized spacial score (nSPS) is 13.0. The monoisotopic (exact) mass is 247 g/mol. The van der Waals surface area contributed by atoms with Crippen LogP contribution in [-0.4, -0.2) is 35.6 Å². The number of carboxylic acid groups (broad SMARTS) is 1. The lowest BCUT2D eigenvalue weighted by Gasteiger charge is -2.15. The van der Waals surface area contributed by atoms with E-state index < -0.39 is 24.0 Å². The molecular weight excluding hydrogens is 222 g/mol. The van der Waals surface area contributed by atoms with Crippen molar-refractivity contribution in [3.05, 3.63) is 0 Å². The summed E-state index contributed by atoms with van der Waals surface area (Å²) in [6.45, 7) is 6.03. The molecule has 0 aliphatic carbocycles. The van der Waals surface area contributed by atoms with E-state index in [0.717, 1.165) is 6.42 Å². The zero-order valence-corrected chi connectivity index (χ0v) is 10.9. The molecule has 0 aromatic heterocycles. The molecule has 6 heteroatoms. The predicted octanol–water partition coefficient (Wildman–Crippen LogP) is 0.0582. The topological polar surface area (TPSA) is 118 Å². The fourth-order valence-electron chi connectivity index (χ4n) is 1.05. The Bertz CT molecular complexity index is 220. The Morgan fingerprint density at radius 2 is 1.82 bits per heavy atom. The molecule has 0 spiro atoms. The third-order valence-corrected chi connectivity index (χ3v) is 1.98. The fraction of sp³-hybridized carbons (Fsp3) is 0.818. The molecule has 0 aromatic rings. The van der Waals surface area contributed by atoms with Crippen molar-refractivity contribution in [1.82, 2.24) is 5.32 Å². The van der Waals surface area contributed by atoms with Crippen LogP contribution in [0.25, 0.3) is 0 Å². The van der Waals surface area contributed by atoms with Crippen molar-refractivity contribution in [2.24, 2.45) is 11.5 Å². The molecule has 0 saturated carbocycles. The van der Waals surface area contributed by atoms with Gasteiger partial charge in [0, 0.05) is 0 Å². The summed E-state index contributed by atoms with van der Waals surface area (Å²) >= 11 is 0. The van der Waals surface area contributed by atoms with Crippen LogP contribution in [-0.2, 0) is 9.59 Å². The van der Waals surface area contributed by atoms with Gasteiger partial charge in [-0.3, -0.25) is 4.79 Å². The molecule has 17 heavy (non-hydrogen) atoms. The first-order valence-electron chi connectivity index (χ1n) is 5.98. The zero-order valence-electron chi connectivity index (χ0n) is 10.9. The number of carboxylic acids is 1. The van der Waals surface area contributed by atoms with Crippen LogP contribution < -0.4 is 16.8 Å². The van der Waals surface area contributed by atoms with Gasteiger partial charge in [0.15, 0.2) is 0 Å². The molecular formula is C11H25N3O3. The quantitative estimate of drug-likeness (QED) is 0.474. The van der Waals surface area contributed by atoms with E-state index in [2.05, 4.69) is 5.32 Å². The largest absolute Gasteiger partial charge is 0.480 e. The maximum Gasteiger partial charge on any atom is 0.326 e. The van der Waals surface area contributed by atoms with Gasteiger partial charge >= 0.3 is 5.97 Å². The molecule has 0 bridgehead atoms. The van der Waals surface area contributed by atoms with Crippen LogP contribution >= 0.6 is 0 Å². The highest BCUT2D eigenvalue weighted by atomic mass is 16.4. The first-order valence-corrected chi connectivity index (χ1v) is 5.98. The molecule has 0 rings (SSSR count). The average molecular weight is 247 g/mol. The highest BCUT2D eigenvalue weighted by Crippen LogP contribution is 2.00. The van der Waals surface area contributed by atoms with Gasteiger partial charge < -0.3 is 21.9 Å². The highest BCUT2D eigenvalue weighted by Gasteiger charge is 2.20. The maximum atomic E-state index is 11.2. The number of aliphatic carboxylic acids is 1. The summed E-state index contributed by atoms with van der Waals surface area (Å²) in [6, 6.07) is -1.56. The van der Waals surface area contributed by atoms with E-state index in [1.807, 2.05) is 13.8 Å². The first kappa shape index (κ1) is 18.2. The number of hydrogen-bond acceptors (Lipinski definition) is 4. The number of amides is 1. The van der Waals surface area contributed by atoms with E-state index in [9.17, 15) is 9.59 Å². The van der Waals surface area contributed by atoms with E-state index in [1.54, 1.807) is 0 Å². The SMILES string of the molecule is CC.C[C@H](N)C(=O)N[C@@H](CCCCN)C(=O)O. The lowest BCUT2D eigenvalue weighted by molar-refractivity contribution is -0.142. The minimum Gasteiger partial charge on any atom is -0.480 e. The van der Waals surface area contributed by atoms with Crippen LogP contribution in [0.4, 0.5) is 0 Å². The summed E-state index contributed by atoms with van der Waals surface area (Å²) in [6.07, 6.45) is 1.80. The number of carbonyl (C=O) groups excluding carboxylic acids is 1. The van der Waals surface area contributed by atoms with Crippen LogP contribution in [0.5, 0.6) is 0 Å². The molecule has 102 valence electrons. The number of carbonyl (C=O) groups is 2. The average Bonchev–Trinajstić information content (AvgIpc) is 2.30. The van der Waals surface area contributed by atoms with Gasteiger partial charge in [0.25, 0.3) is 0 Å². The van der Waals surface area contributed by atoms with Crippen molar-refractivity contribution in [3.63, 3.8) is 0 Å². The minimum absolute atomic E-state index is 0.380. The summed E-state index contributed by atoms with van der Waals surface area (Å²) in [4.78, 5) is 21.9. The third kappa shape index (κ3) is 9.77. The van der Waals surface area contributed by atoms with Crippen molar-refractivity contribution in [2.45, 2.75) is 52.1 Å². The lowest BCUT2D eigenvalue weighted by atomic mass is 10.1. The predicted molar refractivity (Wildman–Crippen MR) is 67.5 cm³/mol. The van der Waals surface area contributed by atoms with Gasteiger partial charge in [0.05, 0.1) is 6.04 Å². The van der Waals surface area contributed by atoms with Gasteiger partial charge in [-0.2, -0.15) is 0 Å². The molecule has 6 N–H and O–H groups in total. The van der Waals surface area contributed by atoms with Crippen LogP contribution in [0.1, 0.15) is 40.0 Å². The first-order chi connectivity index (χ1) is 7.99. The summed E-state index contributed by atoms with van der Waals surface area (Å²) in [5.74, 6) is -1.49. The Hall–Kier alpha value is -1.14. The van der Waals surface area contributed by atoms with Gasteiger partial charge in [-0.15, -0.1) is 0 Å². The summed E-state index contributed by atoms with van der Waals surface area (Å²) < 4.78 is 0. The molecule has 1 amide bonds. The van der Waals surface area contributed by atoms with E-state index in [0.29, 0.717) is 19.4 Å². The maximum absolute atomic E-state index is 11.2. The van der Waals surface area contributed by atoms with Crippen molar-refractivity contribution in [2.75, 3.05) is 6.54 Å². The second kappa shape index (κ2) is 11.3. The lowest BCUT2D eigenvalue weighted by Crippen LogP contribution is -2.47. The second-order valence-electron chi connectivity index (χ2n) is 3.47. The Labute approximate surface area is 103 Å². The molecule has 0 aromatic carbocycles. The van der Waals surface area contributed by atoms with Crippen molar-refractivity contribution < 1.29 is 14.7 Å². The van der Waals surface area contributed by atoms with Gasteiger partial charge in [0.1, 0.15) is 6.04 Å². The molecule has 0 saturated heterocycles. The fourth-order valence-corrected chi connectivity index (χ4v) is 1.05. The number of unbranched alkanes of at least 4 members (excludes halogenated alkanes) is 1. The van der Waals surface area contributed by atoms with Crippen LogP contribution in [0.3, 0.4) is 0 Å². The highest BCUT2D eigenvalue weighted by molar-refractivity contribution is 5.86. The Kier molecular flexibility index (Phi) is 12.2. The third-order valence-electron chi connectivity index (χ3n) is 1.98. The molecule has 0 unspecified atom stereocenters. The Balaban J connectivity index is 0. The van der Waals surface area contributed by atoms with Crippen molar-refractivity contribution >= 4 is 11.9 Å². The van der Waals surface area contributed by atoms with Gasteiger partial charge in [-0.05, 0) is 32.7 Å². The van der Waals surface area contributed by atoms with Crippen LogP contribution in [0, 0.1) is 0 Å². The standard InChI is InChI=1S/C9H19N3O3.C2H6/c1-6(11)8(13)12-7(9(14)15)4-2-3-5-10;1-2/h6-7H,2-5,10-11H2,1H3,(H,12,13)(H,14,15);1-2H3/t6-,7-;/m0./s1. The summed E-state index contributed by atoms with van der Waals surface area (Å²) in [5.41, 5.74) is 10.6. The smallest absolute Gasteiger partial charge is 0.326 e. The Morgan fingerprint density at radius 1 is 1.29 bits per heavy atom. The second-order valence-corrected chi connectivity index (χ2v) is 3.47. The van der Waals surface area contributed by atoms with Gasteiger partial charge in [-0.25, -0.2) is 4.79 Å². The molecule has 6 nitrogen and oxygen atoms in total. The molecule has 0 heterocycles. The summed E-state index contributed by atoms with van der Waals surface area (Å²) in [7, 11) is 0. The molecule has 0 radical (unpaired) electrons. The molecule has 0 aliphatic heterocycles.